The Morgan fingerprint density at radius 2 is 2.27 bits per heavy atom. The molecule has 0 aromatic carbocycles. The van der Waals surface area contributed by atoms with E-state index in [2.05, 4.69) is 36.2 Å². The van der Waals surface area contributed by atoms with Crippen LogP contribution in [-0.4, -0.2) is 27.4 Å². The first-order valence-corrected chi connectivity index (χ1v) is 8.66. The van der Waals surface area contributed by atoms with Gasteiger partial charge in [-0.05, 0) is 19.3 Å². The van der Waals surface area contributed by atoms with Gasteiger partial charge in [0, 0.05) is 48.6 Å². The highest BCUT2D eigenvalue weighted by atomic mass is 32.1. The van der Waals surface area contributed by atoms with Crippen LogP contribution in [0.25, 0.3) is 0 Å². The van der Waals surface area contributed by atoms with Crippen LogP contribution in [0.1, 0.15) is 53.4 Å². The van der Waals surface area contributed by atoms with Gasteiger partial charge in [-0.25, -0.2) is 4.98 Å². The Bertz CT molecular complexity index is 634. The molecule has 3 heterocycles. The van der Waals surface area contributed by atoms with Crippen LogP contribution in [0.3, 0.4) is 0 Å². The summed E-state index contributed by atoms with van der Waals surface area (Å²) < 4.78 is 7.85. The summed E-state index contributed by atoms with van der Waals surface area (Å²) >= 11 is 1.80. The molecule has 0 radical (unpaired) electrons. The molecular formula is C16H24N4OS. The second-order valence-electron chi connectivity index (χ2n) is 6.19. The summed E-state index contributed by atoms with van der Waals surface area (Å²) in [6, 6.07) is 0.328. The van der Waals surface area contributed by atoms with E-state index in [0.717, 1.165) is 24.6 Å². The van der Waals surface area contributed by atoms with Gasteiger partial charge in [-0.15, -0.1) is 11.3 Å². The number of nitrogens with zero attached hydrogens (tertiary/aromatic N) is 3. The van der Waals surface area contributed by atoms with Crippen molar-refractivity contribution < 1.29 is 4.74 Å². The fraction of sp³-hybridized carbons (Fsp3) is 0.625. The minimum absolute atomic E-state index is 0.0956. The highest BCUT2D eigenvalue weighted by Gasteiger charge is 2.31. The van der Waals surface area contributed by atoms with Gasteiger partial charge in [0.2, 0.25) is 0 Å². The fourth-order valence-electron chi connectivity index (χ4n) is 2.79. The first-order valence-electron chi connectivity index (χ1n) is 7.84. The standard InChI is InChI=1S/C16H24N4OS/c1-10(2)14-8-18-15(22-14)9-17-13-5-6-21-16(13)12-7-19-20(4)11(12)3/h7-8,10,13,16-17H,5-6,9H2,1-4H3/t13-,16+/m0/s1. The molecule has 0 saturated carbocycles. The van der Waals surface area contributed by atoms with Crippen LogP contribution in [0, 0.1) is 6.92 Å². The fourth-order valence-corrected chi connectivity index (χ4v) is 3.67. The normalized spacial score (nSPS) is 21.9. The lowest BCUT2D eigenvalue weighted by molar-refractivity contribution is 0.0979. The van der Waals surface area contributed by atoms with E-state index in [1.54, 1.807) is 11.3 Å². The van der Waals surface area contributed by atoms with Crippen molar-refractivity contribution in [2.45, 2.75) is 51.8 Å². The average molecular weight is 320 g/mol. The van der Waals surface area contributed by atoms with Crippen LogP contribution in [0.2, 0.25) is 0 Å². The number of thiazole rings is 1. The largest absolute Gasteiger partial charge is 0.372 e. The van der Waals surface area contributed by atoms with Crippen LogP contribution in [0.15, 0.2) is 12.4 Å². The van der Waals surface area contributed by atoms with Gasteiger partial charge in [0.05, 0.1) is 6.20 Å². The molecule has 1 N–H and O–H groups in total. The summed E-state index contributed by atoms with van der Waals surface area (Å²) in [4.78, 5) is 5.86. The van der Waals surface area contributed by atoms with Gasteiger partial charge < -0.3 is 10.1 Å². The summed E-state index contributed by atoms with van der Waals surface area (Å²) in [5.41, 5.74) is 2.37. The zero-order valence-electron chi connectivity index (χ0n) is 13.7. The zero-order chi connectivity index (χ0) is 15.7. The number of hydrogen-bond acceptors (Lipinski definition) is 5. The van der Waals surface area contributed by atoms with E-state index in [1.807, 2.05) is 24.1 Å². The number of ether oxygens (including phenoxy) is 1. The number of hydrogen-bond donors (Lipinski definition) is 1. The Morgan fingerprint density at radius 3 is 2.91 bits per heavy atom. The van der Waals surface area contributed by atoms with Crippen molar-refractivity contribution in [1.29, 1.82) is 0 Å². The molecular weight excluding hydrogens is 296 g/mol. The molecule has 2 aromatic rings. The Morgan fingerprint density at radius 1 is 1.45 bits per heavy atom. The first kappa shape index (κ1) is 15.6. The number of nitrogens with one attached hydrogen (secondary N) is 1. The third-order valence-corrected chi connectivity index (χ3v) is 5.63. The number of rotatable bonds is 5. The van der Waals surface area contributed by atoms with Crippen LogP contribution in [0.4, 0.5) is 0 Å². The van der Waals surface area contributed by atoms with Gasteiger partial charge in [0.1, 0.15) is 11.1 Å². The third kappa shape index (κ3) is 3.09. The molecule has 0 aliphatic carbocycles. The molecule has 6 heteroatoms. The van der Waals surface area contributed by atoms with Crippen molar-refractivity contribution in [2.24, 2.45) is 7.05 Å². The van der Waals surface area contributed by atoms with Gasteiger partial charge >= 0.3 is 0 Å². The van der Waals surface area contributed by atoms with E-state index >= 15 is 0 Å². The van der Waals surface area contributed by atoms with Gasteiger partial charge in [-0.1, -0.05) is 13.8 Å². The van der Waals surface area contributed by atoms with E-state index in [9.17, 15) is 0 Å². The maximum Gasteiger partial charge on any atom is 0.107 e. The molecule has 2 aromatic heterocycles. The van der Waals surface area contributed by atoms with Crippen molar-refractivity contribution in [1.82, 2.24) is 20.1 Å². The molecule has 120 valence electrons. The predicted octanol–water partition coefficient (Wildman–Crippen LogP) is 2.93. The second-order valence-corrected chi connectivity index (χ2v) is 7.33. The van der Waals surface area contributed by atoms with Crippen molar-refractivity contribution in [3.63, 3.8) is 0 Å². The third-order valence-electron chi connectivity index (χ3n) is 4.33. The lowest BCUT2D eigenvalue weighted by Gasteiger charge is -2.19. The molecule has 1 aliphatic heterocycles. The van der Waals surface area contributed by atoms with Crippen molar-refractivity contribution >= 4 is 11.3 Å². The topological polar surface area (TPSA) is 52.0 Å². The van der Waals surface area contributed by atoms with E-state index < -0.39 is 0 Å². The monoisotopic (exact) mass is 320 g/mol. The Labute approximate surface area is 135 Å². The first-order chi connectivity index (χ1) is 10.6. The highest BCUT2D eigenvalue weighted by molar-refractivity contribution is 7.11. The van der Waals surface area contributed by atoms with Gasteiger partial charge in [-0.3, -0.25) is 4.68 Å². The van der Waals surface area contributed by atoms with E-state index in [4.69, 9.17) is 4.74 Å². The maximum atomic E-state index is 5.94. The summed E-state index contributed by atoms with van der Waals surface area (Å²) in [5.74, 6) is 0.548. The van der Waals surface area contributed by atoms with Crippen LogP contribution in [0.5, 0.6) is 0 Å². The molecule has 2 atom stereocenters. The minimum Gasteiger partial charge on any atom is -0.372 e. The van der Waals surface area contributed by atoms with Crippen LogP contribution < -0.4 is 5.32 Å². The van der Waals surface area contributed by atoms with Gasteiger partial charge in [0.25, 0.3) is 0 Å². The molecule has 0 unspecified atom stereocenters. The molecule has 5 nitrogen and oxygen atoms in total. The summed E-state index contributed by atoms with van der Waals surface area (Å²) in [5, 5.41) is 9.11. The van der Waals surface area contributed by atoms with E-state index in [-0.39, 0.29) is 6.10 Å². The average Bonchev–Trinajstić information content (AvgIpc) is 3.19. The quantitative estimate of drug-likeness (QED) is 0.920. The molecule has 1 fully saturated rings. The molecule has 1 aliphatic rings. The van der Waals surface area contributed by atoms with Crippen LogP contribution in [-0.2, 0) is 18.3 Å². The lowest BCUT2D eigenvalue weighted by Crippen LogP contribution is -2.31. The second kappa shape index (κ2) is 6.48. The molecule has 3 rings (SSSR count). The maximum absolute atomic E-state index is 5.94. The number of aromatic nitrogens is 3. The van der Waals surface area contributed by atoms with Crippen molar-refractivity contribution in [3.05, 3.63) is 33.5 Å². The van der Waals surface area contributed by atoms with E-state index in [0.29, 0.717) is 12.0 Å². The zero-order valence-corrected chi connectivity index (χ0v) is 14.5. The van der Waals surface area contributed by atoms with Crippen molar-refractivity contribution in [3.8, 4) is 0 Å². The lowest BCUT2D eigenvalue weighted by atomic mass is 10.0. The Balaban J connectivity index is 1.65. The van der Waals surface area contributed by atoms with Gasteiger partial charge in [-0.2, -0.15) is 5.10 Å². The van der Waals surface area contributed by atoms with Crippen LogP contribution >= 0.6 is 11.3 Å². The minimum atomic E-state index is 0.0956. The number of aryl methyl sites for hydroxylation is 1. The smallest absolute Gasteiger partial charge is 0.107 e. The molecule has 1 saturated heterocycles. The predicted molar refractivity (Wildman–Crippen MR) is 88.1 cm³/mol. The molecule has 0 spiro atoms. The molecule has 0 bridgehead atoms. The summed E-state index contributed by atoms with van der Waals surface area (Å²) in [6.45, 7) is 8.11. The molecule has 0 amide bonds. The summed E-state index contributed by atoms with van der Waals surface area (Å²) in [7, 11) is 1.97. The molecule has 22 heavy (non-hydrogen) atoms. The van der Waals surface area contributed by atoms with E-state index in [1.165, 1.54) is 16.1 Å². The Hall–Kier alpha value is -1.24. The Kier molecular flexibility index (Phi) is 4.61. The van der Waals surface area contributed by atoms with Crippen molar-refractivity contribution in [2.75, 3.05) is 6.61 Å². The van der Waals surface area contributed by atoms with Gasteiger partial charge in [0.15, 0.2) is 0 Å². The SMILES string of the molecule is Cc1c([C@H]2OCC[C@@H]2NCc2ncc(C(C)C)s2)cnn1C. The summed E-state index contributed by atoms with van der Waals surface area (Å²) in [6.07, 6.45) is 5.06. The highest BCUT2D eigenvalue weighted by Crippen LogP contribution is 2.31.